The van der Waals surface area contributed by atoms with Gasteiger partial charge in [0.1, 0.15) is 0 Å². The van der Waals surface area contributed by atoms with Gasteiger partial charge in [0, 0.05) is 18.1 Å². The number of likely N-dealkylation sites (N-methyl/N-ethyl adjacent to an activating group) is 1. The molecule has 2 nitrogen and oxygen atoms in total. The van der Waals surface area contributed by atoms with Gasteiger partial charge < -0.3 is 10.2 Å². The molecule has 1 N–H and O–H groups in total. The highest BCUT2D eigenvalue weighted by Crippen LogP contribution is 2.19. The number of rotatable bonds is 2. The van der Waals surface area contributed by atoms with E-state index in [-0.39, 0.29) is 0 Å². The van der Waals surface area contributed by atoms with Crippen LogP contribution in [0.1, 0.15) is 27.2 Å². The first-order valence-electron chi connectivity index (χ1n) is 4.48. The Labute approximate surface area is 70.0 Å². The van der Waals surface area contributed by atoms with E-state index in [0.717, 1.165) is 0 Å². The molecule has 0 amide bonds. The molecular formula is C9H20N2. The largest absolute Gasteiger partial charge is 0.308 e. The van der Waals surface area contributed by atoms with Crippen molar-refractivity contribution in [2.24, 2.45) is 0 Å². The van der Waals surface area contributed by atoms with Crippen molar-refractivity contribution in [3.8, 4) is 0 Å². The highest BCUT2D eigenvalue weighted by Gasteiger charge is 2.31. The van der Waals surface area contributed by atoms with E-state index >= 15 is 0 Å². The molecule has 0 spiro atoms. The molecule has 0 aromatic carbocycles. The van der Waals surface area contributed by atoms with Gasteiger partial charge in [-0.3, -0.25) is 0 Å². The van der Waals surface area contributed by atoms with Crippen molar-refractivity contribution >= 4 is 0 Å². The van der Waals surface area contributed by atoms with Gasteiger partial charge in [-0.25, -0.2) is 0 Å². The van der Waals surface area contributed by atoms with Crippen molar-refractivity contribution < 1.29 is 0 Å². The van der Waals surface area contributed by atoms with Crippen LogP contribution < -0.4 is 5.32 Å². The van der Waals surface area contributed by atoms with Gasteiger partial charge in [0.25, 0.3) is 0 Å². The third-order valence-corrected chi connectivity index (χ3v) is 2.30. The SMILES string of the molecule is CC(C)N[C@]1(C)CCN(C)C1. The summed E-state index contributed by atoms with van der Waals surface area (Å²) < 4.78 is 0. The van der Waals surface area contributed by atoms with Crippen molar-refractivity contribution in [2.75, 3.05) is 20.1 Å². The molecule has 0 bridgehead atoms. The van der Waals surface area contributed by atoms with Crippen molar-refractivity contribution in [3.05, 3.63) is 0 Å². The topological polar surface area (TPSA) is 15.3 Å². The van der Waals surface area contributed by atoms with Gasteiger partial charge in [-0.2, -0.15) is 0 Å². The highest BCUT2D eigenvalue weighted by molar-refractivity contribution is 4.93. The molecule has 66 valence electrons. The monoisotopic (exact) mass is 156 g/mol. The van der Waals surface area contributed by atoms with Crippen molar-refractivity contribution in [1.82, 2.24) is 10.2 Å². The van der Waals surface area contributed by atoms with Crippen LogP contribution in [0.15, 0.2) is 0 Å². The lowest BCUT2D eigenvalue weighted by molar-refractivity contribution is 0.313. The minimum Gasteiger partial charge on any atom is -0.308 e. The molecule has 1 aliphatic rings. The summed E-state index contributed by atoms with van der Waals surface area (Å²) in [4.78, 5) is 2.38. The Hall–Kier alpha value is -0.0800. The smallest absolute Gasteiger partial charge is 0.0294 e. The minimum absolute atomic E-state index is 0.364. The number of likely N-dealkylation sites (tertiary alicyclic amines) is 1. The van der Waals surface area contributed by atoms with Crippen LogP contribution in [-0.2, 0) is 0 Å². The second-order valence-corrected chi connectivity index (χ2v) is 4.35. The highest BCUT2D eigenvalue weighted by atomic mass is 15.2. The van der Waals surface area contributed by atoms with Crippen LogP contribution in [-0.4, -0.2) is 36.6 Å². The van der Waals surface area contributed by atoms with E-state index in [1.54, 1.807) is 0 Å². The van der Waals surface area contributed by atoms with Gasteiger partial charge in [0.05, 0.1) is 0 Å². The van der Waals surface area contributed by atoms with Crippen molar-refractivity contribution in [2.45, 2.75) is 38.8 Å². The molecule has 1 aliphatic heterocycles. The Balaban J connectivity index is 2.42. The van der Waals surface area contributed by atoms with Crippen LogP contribution in [0.2, 0.25) is 0 Å². The van der Waals surface area contributed by atoms with Crippen LogP contribution in [0.25, 0.3) is 0 Å². The lowest BCUT2D eigenvalue weighted by Gasteiger charge is -2.28. The molecule has 0 radical (unpaired) electrons. The summed E-state index contributed by atoms with van der Waals surface area (Å²) in [5.74, 6) is 0. The van der Waals surface area contributed by atoms with Gasteiger partial charge in [-0.05, 0) is 26.9 Å². The summed E-state index contributed by atoms with van der Waals surface area (Å²) in [7, 11) is 2.19. The molecule has 2 heteroatoms. The van der Waals surface area contributed by atoms with Crippen LogP contribution in [0.4, 0.5) is 0 Å². The van der Waals surface area contributed by atoms with E-state index in [4.69, 9.17) is 0 Å². The molecule has 0 unspecified atom stereocenters. The molecule has 0 saturated carbocycles. The quantitative estimate of drug-likeness (QED) is 0.643. The maximum Gasteiger partial charge on any atom is 0.0294 e. The van der Waals surface area contributed by atoms with E-state index < -0.39 is 0 Å². The Morgan fingerprint density at radius 3 is 2.45 bits per heavy atom. The summed E-state index contributed by atoms with van der Waals surface area (Å²) >= 11 is 0. The Bertz CT molecular complexity index is 134. The summed E-state index contributed by atoms with van der Waals surface area (Å²) in [5.41, 5.74) is 0.364. The first-order valence-corrected chi connectivity index (χ1v) is 4.48. The molecule has 1 heterocycles. The molecule has 11 heavy (non-hydrogen) atoms. The second kappa shape index (κ2) is 3.11. The summed E-state index contributed by atoms with van der Waals surface area (Å²) in [6, 6.07) is 0.603. The van der Waals surface area contributed by atoms with Gasteiger partial charge in [0.15, 0.2) is 0 Å². The number of nitrogens with one attached hydrogen (secondary N) is 1. The Morgan fingerprint density at radius 1 is 1.45 bits per heavy atom. The molecule has 0 aromatic rings. The maximum atomic E-state index is 3.61. The average molecular weight is 156 g/mol. The summed E-state index contributed by atoms with van der Waals surface area (Å²) in [6.07, 6.45) is 1.28. The first-order chi connectivity index (χ1) is 5.02. The van der Waals surface area contributed by atoms with E-state index in [0.29, 0.717) is 11.6 Å². The van der Waals surface area contributed by atoms with Gasteiger partial charge >= 0.3 is 0 Å². The predicted molar refractivity (Wildman–Crippen MR) is 48.8 cm³/mol. The third-order valence-electron chi connectivity index (χ3n) is 2.30. The molecule has 1 rings (SSSR count). The Kier molecular flexibility index (Phi) is 2.55. The van der Waals surface area contributed by atoms with Crippen LogP contribution in [0.3, 0.4) is 0 Å². The normalized spacial score (nSPS) is 33.5. The molecule has 0 aliphatic carbocycles. The zero-order valence-corrected chi connectivity index (χ0v) is 8.15. The van der Waals surface area contributed by atoms with E-state index in [1.807, 2.05) is 0 Å². The predicted octanol–water partition coefficient (Wildman–Crippen LogP) is 1.08. The zero-order chi connectivity index (χ0) is 8.48. The number of hydrogen-bond acceptors (Lipinski definition) is 2. The molecule has 1 fully saturated rings. The lowest BCUT2D eigenvalue weighted by atomic mass is 10.0. The fourth-order valence-electron chi connectivity index (χ4n) is 2.01. The third kappa shape index (κ3) is 2.46. The fraction of sp³-hybridized carbons (Fsp3) is 1.00. The summed E-state index contributed by atoms with van der Waals surface area (Å²) in [5, 5.41) is 3.61. The van der Waals surface area contributed by atoms with Crippen LogP contribution >= 0.6 is 0 Å². The van der Waals surface area contributed by atoms with Crippen molar-refractivity contribution in [3.63, 3.8) is 0 Å². The van der Waals surface area contributed by atoms with E-state index in [2.05, 4.69) is 38.0 Å². The average Bonchev–Trinajstić information content (AvgIpc) is 2.08. The first kappa shape index (κ1) is 9.01. The van der Waals surface area contributed by atoms with E-state index in [1.165, 1.54) is 19.5 Å². The number of hydrogen-bond donors (Lipinski definition) is 1. The lowest BCUT2D eigenvalue weighted by Crippen LogP contribution is -2.47. The molecule has 1 saturated heterocycles. The summed E-state index contributed by atoms with van der Waals surface area (Å²) in [6.45, 7) is 9.16. The Morgan fingerprint density at radius 2 is 2.09 bits per heavy atom. The van der Waals surface area contributed by atoms with E-state index in [9.17, 15) is 0 Å². The maximum absolute atomic E-state index is 3.61. The fourth-order valence-corrected chi connectivity index (χ4v) is 2.01. The van der Waals surface area contributed by atoms with Gasteiger partial charge in [-0.15, -0.1) is 0 Å². The second-order valence-electron chi connectivity index (χ2n) is 4.35. The van der Waals surface area contributed by atoms with Crippen molar-refractivity contribution in [1.29, 1.82) is 0 Å². The zero-order valence-electron chi connectivity index (χ0n) is 8.15. The van der Waals surface area contributed by atoms with Crippen LogP contribution in [0.5, 0.6) is 0 Å². The van der Waals surface area contributed by atoms with Gasteiger partial charge in [0.2, 0.25) is 0 Å². The molecular weight excluding hydrogens is 136 g/mol. The minimum atomic E-state index is 0.364. The van der Waals surface area contributed by atoms with Crippen LogP contribution in [0, 0.1) is 0 Å². The standard InChI is InChI=1S/C9H20N2/c1-8(2)10-9(3)5-6-11(4)7-9/h8,10H,5-7H2,1-4H3/t9-/m1/s1. The molecule has 0 aromatic heterocycles. The number of nitrogens with zero attached hydrogens (tertiary/aromatic N) is 1. The van der Waals surface area contributed by atoms with Gasteiger partial charge in [-0.1, -0.05) is 13.8 Å². The molecule has 1 atom stereocenters.